The molecule has 0 aliphatic carbocycles. The Morgan fingerprint density at radius 3 is 1.04 bits per heavy atom. The van der Waals surface area contributed by atoms with Gasteiger partial charge in [-0.15, -0.1) is 0 Å². The maximum atomic E-state index is 5.95. The molecule has 0 aliphatic rings. The smallest absolute Gasteiger partial charge is 0.576 e. The number of anilines is 3. The summed E-state index contributed by atoms with van der Waals surface area (Å²) >= 11 is -2.74. The van der Waals surface area contributed by atoms with Crippen molar-refractivity contribution in [3.05, 3.63) is 72.8 Å². The molecule has 0 aromatic heterocycles. The van der Waals surface area contributed by atoms with Crippen LogP contribution in [0.15, 0.2) is 72.8 Å². The van der Waals surface area contributed by atoms with Gasteiger partial charge in [0, 0.05) is 0 Å². The molecule has 0 radical (unpaired) electrons. The molecule has 0 saturated carbocycles. The lowest BCUT2D eigenvalue weighted by atomic mass is 10.3. The summed E-state index contributed by atoms with van der Waals surface area (Å²) in [7, 11) is 0. The van der Waals surface area contributed by atoms with Crippen molar-refractivity contribution in [2.24, 2.45) is 0 Å². The van der Waals surface area contributed by atoms with Crippen LogP contribution < -0.4 is 28.6 Å². The number of benzene rings is 3. The van der Waals surface area contributed by atoms with Crippen LogP contribution in [0.4, 0.5) is 17.1 Å². The van der Waals surface area contributed by atoms with Gasteiger partial charge in [0.25, 0.3) is 0 Å². The Morgan fingerprint density at radius 2 is 0.760 bits per heavy atom. The summed E-state index contributed by atoms with van der Waals surface area (Å²) < 4.78 is 17.8. The highest BCUT2D eigenvalue weighted by molar-refractivity contribution is 6.40. The minimum absolute atomic E-state index is 0.489. The summed E-state index contributed by atoms with van der Waals surface area (Å²) in [5.41, 5.74) is 19.3. The average Bonchev–Trinajstić information content (AvgIpc) is 2.61. The van der Waals surface area contributed by atoms with E-state index in [1.165, 1.54) is 0 Å². The molecule has 0 atom stereocenters. The van der Waals surface area contributed by atoms with Crippen LogP contribution in [-0.2, 0) is 0 Å². The Kier molecular flexibility index (Phi) is 5.19. The van der Waals surface area contributed by atoms with Gasteiger partial charge in [-0.1, -0.05) is 36.4 Å². The van der Waals surface area contributed by atoms with Crippen LogP contribution in [0.3, 0.4) is 0 Å². The minimum atomic E-state index is -2.74. The Morgan fingerprint density at radius 1 is 0.480 bits per heavy atom. The molecule has 6 N–H and O–H groups in total. The quantitative estimate of drug-likeness (QED) is 0.466. The SMILES string of the molecule is Nc1ccccc1[O][Al]([O]c1ccccc1N)[O]c1ccccc1N. The normalized spacial score (nSPS) is 10.1. The minimum Gasteiger partial charge on any atom is -0.576 e. The molecule has 7 heteroatoms. The van der Waals surface area contributed by atoms with E-state index in [2.05, 4.69) is 0 Å². The number of para-hydroxylation sites is 6. The molecule has 3 rings (SSSR count). The van der Waals surface area contributed by atoms with Gasteiger partial charge in [0.05, 0.1) is 17.1 Å². The zero-order valence-electron chi connectivity index (χ0n) is 13.5. The lowest BCUT2D eigenvalue weighted by Gasteiger charge is -2.19. The van der Waals surface area contributed by atoms with E-state index in [1.807, 2.05) is 36.4 Å². The van der Waals surface area contributed by atoms with Crippen LogP contribution in [-0.4, -0.2) is 15.1 Å². The summed E-state index contributed by atoms with van der Waals surface area (Å²) in [6.07, 6.45) is 0. The summed E-state index contributed by atoms with van der Waals surface area (Å²) in [5, 5.41) is 0. The van der Waals surface area contributed by atoms with E-state index >= 15 is 0 Å². The van der Waals surface area contributed by atoms with Gasteiger partial charge in [-0.3, -0.25) is 0 Å². The van der Waals surface area contributed by atoms with Gasteiger partial charge >= 0.3 is 15.1 Å². The van der Waals surface area contributed by atoms with Gasteiger partial charge in [-0.25, -0.2) is 0 Å². The topological polar surface area (TPSA) is 106 Å². The highest BCUT2D eigenvalue weighted by atomic mass is 27.3. The van der Waals surface area contributed by atoms with Crippen LogP contribution in [0.1, 0.15) is 0 Å². The van der Waals surface area contributed by atoms with Gasteiger partial charge in [0.1, 0.15) is 17.2 Å². The van der Waals surface area contributed by atoms with Crippen LogP contribution in [0.25, 0.3) is 0 Å². The van der Waals surface area contributed by atoms with E-state index in [4.69, 9.17) is 28.6 Å². The van der Waals surface area contributed by atoms with Gasteiger partial charge in [0.15, 0.2) is 0 Å². The standard InChI is InChI=1S/3C6H7NO.Al/c3*7-5-3-1-2-4-6(5)8;/h3*1-4,8H,7H2;/q;;;+3/p-3. The zero-order valence-corrected chi connectivity index (χ0v) is 14.6. The Balaban J connectivity index is 1.86. The third-order valence-electron chi connectivity index (χ3n) is 3.43. The number of nitrogen functional groups attached to an aromatic ring is 3. The molecule has 25 heavy (non-hydrogen) atoms. The van der Waals surface area contributed by atoms with Gasteiger partial charge in [-0.05, 0) is 36.4 Å². The largest absolute Gasteiger partial charge is 1.20 e. The predicted molar refractivity (Wildman–Crippen MR) is 100 cm³/mol. The van der Waals surface area contributed by atoms with E-state index in [0.29, 0.717) is 34.3 Å². The van der Waals surface area contributed by atoms with E-state index in [9.17, 15) is 0 Å². The molecule has 0 fully saturated rings. The maximum absolute atomic E-state index is 5.95. The fourth-order valence-electron chi connectivity index (χ4n) is 2.15. The maximum Gasteiger partial charge on any atom is 1.20 e. The van der Waals surface area contributed by atoms with Gasteiger partial charge in [-0.2, -0.15) is 0 Å². The lowest BCUT2D eigenvalue weighted by Crippen LogP contribution is -2.37. The fourth-order valence-corrected chi connectivity index (χ4v) is 3.56. The number of rotatable bonds is 6. The van der Waals surface area contributed by atoms with E-state index in [-0.39, 0.29) is 0 Å². The Labute approximate surface area is 151 Å². The van der Waals surface area contributed by atoms with Crippen molar-refractivity contribution in [1.29, 1.82) is 0 Å². The first-order valence-corrected chi connectivity index (χ1v) is 9.08. The van der Waals surface area contributed by atoms with Crippen LogP contribution in [0.2, 0.25) is 0 Å². The molecule has 0 aliphatic heterocycles. The summed E-state index contributed by atoms with van der Waals surface area (Å²) in [6, 6.07) is 21.4. The van der Waals surface area contributed by atoms with Crippen LogP contribution >= 0.6 is 0 Å². The molecule has 0 spiro atoms. The third kappa shape index (κ3) is 4.29. The van der Waals surface area contributed by atoms with Crippen molar-refractivity contribution in [3.8, 4) is 17.2 Å². The Hall–Kier alpha value is -3.01. The highest BCUT2D eigenvalue weighted by Crippen LogP contribution is 2.27. The second kappa shape index (κ2) is 7.71. The van der Waals surface area contributed by atoms with Crippen LogP contribution in [0, 0.1) is 0 Å². The van der Waals surface area contributed by atoms with Gasteiger partial charge in [0.2, 0.25) is 0 Å². The fraction of sp³-hybridized carbons (Fsp3) is 0. The van der Waals surface area contributed by atoms with E-state index < -0.39 is 15.1 Å². The molecular formula is C18H18AlN3O3. The lowest BCUT2D eigenvalue weighted by molar-refractivity contribution is 0.309. The van der Waals surface area contributed by atoms with Crippen molar-refractivity contribution in [1.82, 2.24) is 0 Å². The van der Waals surface area contributed by atoms with Crippen molar-refractivity contribution < 1.29 is 11.4 Å². The first kappa shape index (κ1) is 16.8. The molecule has 0 bridgehead atoms. The highest BCUT2D eigenvalue weighted by Gasteiger charge is 2.45. The molecular weight excluding hydrogens is 333 g/mol. The summed E-state index contributed by atoms with van der Waals surface area (Å²) in [5.74, 6) is 1.47. The molecule has 3 aromatic carbocycles. The van der Waals surface area contributed by atoms with Crippen LogP contribution in [0.5, 0.6) is 17.2 Å². The average molecular weight is 351 g/mol. The van der Waals surface area contributed by atoms with Gasteiger partial charge < -0.3 is 28.6 Å². The monoisotopic (exact) mass is 351 g/mol. The summed E-state index contributed by atoms with van der Waals surface area (Å²) in [6.45, 7) is 0. The van der Waals surface area contributed by atoms with E-state index in [1.54, 1.807) is 36.4 Å². The molecule has 6 nitrogen and oxygen atoms in total. The number of hydrogen-bond donors (Lipinski definition) is 3. The molecule has 3 aromatic rings. The molecule has 0 amide bonds. The zero-order chi connectivity index (χ0) is 17.6. The molecule has 0 unspecified atom stereocenters. The second-order valence-corrected chi connectivity index (χ2v) is 6.54. The second-order valence-electron chi connectivity index (χ2n) is 5.26. The predicted octanol–water partition coefficient (Wildman–Crippen LogP) is 2.95. The number of nitrogens with two attached hydrogens (primary N) is 3. The molecule has 126 valence electrons. The van der Waals surface area contributed by atoms with Crippen molar-refractivity contribution in [3.63, 3.8) is 0 Å². The van der Waals surface area contributed by atoms with E-state index in [0.717, 1.165) is 0 Å². The van der Waals surface area contributed by atoms with Crippen molar-refractivity contribution in [2.45, 2.75) is 0 Å². The first-order chi connectivity index (χ1) is 12.1. The number of hydrogen-bond acceptors (Lipinski definition) is 6. The first-order valence-electron chi connectivity index (χ1n) is 7.67. The summed E-state index contributed by atoms with van der Waals surface area (Å²) in [4.78, 5) is 0. The van der Waals surface area contributed by atoms with Crippen molar-refractivity contribution >= 4 is 32.2 Å². The molecule has 0 saturated heterocycles. The third-order valence-corrected chi connectivity index (χ3v) is 4.77. The Bertz CT molecular complexity index is 747. The van der Waals surface area contributed by atoms with Crippen molar-refractivity contribution in [2.75, 3.05) is 17.2 Å². The molecule has 0 heterocycles.